The van der Waals surface area contributed by atoms with Crippen LogP contribution in [0, 0.1) is 0 Å². The Labute approximate surface area is 330 Å². The molecule has 0 fully saturated rings. The summed E-state index contributed by atoms with van der Waals surface area (Å²) in [6.45, 7) is 4.31. The average Bonchev–Trinajstić information content (AvgIpc) is 3.12. The van der Waals surface area contributed by atoms with Crippen LogP contribution in [0.25, 0.3) is 0 Å². The third-order valence-electron chi connectivity index (χ3n) is 8.85. The van der Waals surface area contributed by atoms with Gasteiger partial charge in [0, 0.05) is 19.3 Å². The van der Waals surface area contributed by atoms with E-state index in [4.69, 9.17) is 14.2 Å². The number of carbonyl (C=O) groups excluding carboxylic acids is 3. The van der Waals surface area contributed by atoms with Gasteiger partial charge < -0.3 is 28.6 Å². The smallest absolute Gasteiger partial charge is 0.306 e. The molecule has 0 aliphatic heterocycles. The Morgan fingerprint density at radius 1 is 0.556 bits per heavy atom. The van der Waals surface area contributed by atoms with Gasteiger partial charge >= 0.3 is 11.9 Å². The number of hydrogen-bond acceptors (Lipinski definition) is 7. The summed E-state index contributed by atoms with van der Waals surface area (Å²) in [5, 5.41) is 11.6. The summed E-state index contributed by atoms with van der Waals surface area (Å²) in [5.74, 6) is -1.84. The lowest BCUT2D eigenvalue weighted by Gasteiger charge is -2.34. The molecular weight excluding hydrogens is 679 g/mol. The molecule has 0 saturated heterocycles. The summed E-state index contributed by atoms with van der Waals surface area (Å²) in [5.41, 5.74) is 0. The minimum absolute atomic E-state index is 0.0179. The van der Waals surface area contributed by atoms with Gasteiger partial charge in [0.1, 0.15) is 12.6 Å². The monoisotopic (exact) mass is 756 g/mol. The van der Waals surface area contributed by atoms with Crippen molar-refractivity contribution in [3.8, 4) is 0 Å². The Bertz CT molecular complexity index is 1110. The molecule has 8 nitrogen and oxygen atoms in total. The first-order valence-electron chi connectivity index (χ1n) is 21.0. The van der Waals surface area contributed by atoms with Crippen LogP contribution in [0.5, 0.6) is 0 Å². The first-order chi connectivity index (χ1) is 26.1. The van der Waals surface area contributed by atoms with Crippen molar-refractivity contribution in [3.63, 3.8) is 0 Å². The van der Waals surface area contributed by atoms with Crippen LogP contribution in [-0.4, -0.2) is 75.5 Å². The molecule has 308 valence electrons. The first-order valence-corrected chi connectivity index (χ1v) is 21.0. The quantitative estimate of drug-likeness (QED) is 0.0272. The lowest BCUT2D eigenvalue weighted by molar-refractivity contribution is -0.889. The number of carboxylic acid groups (broad SMARTS) is 1. The number of ether oxygens (including phenoxy) is 3. The topological polar surface area (TPSA) is 102 Å². The lowest BCUT2D eigenvalue weighted by atomic mass is 10.0. The summed E-state index contributed by atoms with van der Waals surface area (Å²) in [6, 6.07) is -0.735. The van der Waals surface area contributed by atoms with Crippen molar-refractivity contribution in [2.75, 3.05) is 41.0 Å². The minimum Gasteiger partial charge on any atom is -0.544 e. The van der Waals surface area contributed by atoms with Crippen molar-refractivity contribution in [2.24, 2.45) is 0 Å². The number of nitrogens with zero attached hydrogens (tertiary/aromatic N) is 1. The van der Waals surface area contributed by atoms with E-state index in [9.17, 15) is 19.5 Å². The molecular formula is C46H77NO7. The third-order valence-corrected chi connectivity index (χ3v) is 8.85. The van der Waals surface area contributed by atoms with Crippen LogP contribution >= 0.6 is 0 Å². The zero-order valence-electron chi connectivity index (χ0n) is 34.9. The fraction of sp³-hybridized carbons (Fsp3) is 0.674. The third kappa shape index (κ3) is 34.5. The molecule has 2 atom stereocenters. The van der Waals surface area contributed by atoms with Gasteiger partial charge in [-0.25, -0.2) is 0 Å². The molecule has 0 aromatic carbocycles. The van der Waals surface area contributed by atoms with Gasteiger partial charge in [-0.1, -0.05) is 138 Å². The number of rotatable bonds is 36. The van der Waals surface area contributed by atoms with Crippen molar-refractivity contribution >= 4 is 17.9 Å². The highest BCUT2D eigenvalue weighted by atomic mass is 16.6. The van der Waals surface area contributed by atoms with Gasteiger partial charge in [0.2, 0.25) is 0 Å². The van der Waals surface area contributed by atoms with Gasteiger partial charge in [-0.2, -0.15) is 0 Å². The van der Waals surface area contributed by atoms with Gasteiger partial charge in [0.05, 0.1) is 40.3 Å². The van der Waals surface area contributed by atoms with Gasteiger partial charge in [-0.05, 0) is 64.2 Å². The molecule has 54 heavy (non-hydrogen) atoms. The van der Waals surface area contributed by atoms with E-state index in [0.29, 0.717) is 12.8 Å². The second kappa shape index (κ2) is 36.7. The molecule has 0 aromatic rings. The Balaban J connectivity index is 4.23. The second-order valence-electron chi connectivity index (χ2n) is 14.8. The van der Waals surface area contributed by atoms with E-state index in [1.54, 1.807) is 21.1 Å². The molecule has 0 N–H and O–H groups in total. The van der Waals surface area contributed by atoms with Gasteiger partial charge in [0.15, 0.2) is 6.10 Å². The number of carbonyl (C=O) groups is 3. The summed E-state index contributed by atoms with van der Waals surface area (Å²) < 4.78 is 17.0. The summed E-state index contributed by atoms with van der Waals surface area (Å²) in [6.07, 6.45) is 45.4. The number of allylic oxidation sites excluding steroid dienone is 12. The average molecular weight is 756 g/mol. The molecule has 8 heteroatoms. The SMILES string of the molecule is CC/C=C/C/C=C/C/C=C/C/C=C/CCCCCCCCCCCCC(=O)OC(COCCC(C(=O)[O-])[N+](C)(C)C)COC(=O)CC/C=C/C/C=C/CC. The molecule has 0 aliphatic rings. The highest BCUT2D eigenvalue weighted by Crippen LogP contribution is 2.14. The van der Waals surface area contributed by atoms with E-state index in [-0.39, 0.29) is 49.1 Å². The Hall–Kier alpha value is -3.23. The van der Waals surface area contributed by atoms with E-state index in [1.807, 2.05) is 12.2 Å². The number of carboxylic acids is 1. The number of aliphatic carboxylic acids is 1. The zero-order chi connectivity index (χ0) is 40.0. The molecule has 0 radical (unpaired) electrons. The van der Waals surface area contributed by atoms with Crippen LogP contribution in [0.4, 0.5) is 0 Å². The second-order valence-corrected chi connectivity index (χ2v) is 14.8. The van der Waals surface area contributed by atoms with E-state index in [0.717, 1.165) is 64.2 Å². The van der Waals surface area contributed by atoms with Crippen molar-refractivity contribution in [2.45, 2.75) is 161 Å². The van der Waals surface area contributed by atoms with Gasteiger partial charge in [0.25, 0.3) is 0 Å². The predicted molar refractivity (Wildman–Crippen MR) is 222 cm³/mol. The van der Waals surface area contributed by atoms with Crippen LogP contribution < -0.4 is 5.11 Å². The Morgan fingerprint density at radius 2 is 1.02 bits per heavy atom. The van der Waals surface area contributed by atoms with Crippen LogP contribution in [0.15, 0.2) is 72.9 Å². The highest BCUT2D eigenvalue weighted by Gasteiger charge is 2.25. The maximum absolute atomic E-state index is 12.7. The van der Waals surface area contributed by atoms with Gasteiger partial charge in [-0.15, -0.1) is 0 Å². The maximum atomic E-state index is 12.7. The van der Waals surface area contributed by atoms with E-state index >= 15 is 0 Å². The van der Waals surface area contributed by atoms with E-state index in [2.05, 4.69) is 74.6 Å². The predicted octanol–water partition coefficient (Wildman–Crippen LogP) is 9.85. The molecule has 0 saturated carbocycles. The van der Waals surface area contributed by atoms with Crippen molar-refractivity contribution < 1.29 is 38.2 Å². The van der Waals surface area contributed by atoms with Crippen molar-refractivity contribution in [1.29, 1.82) is 0 Å². The largest absolute Gasteiger partial charge is 0.544 e. The number of esters is 2. The first kappa shape index (κ1) is 50.8. The standard InChI is InChI=1S/C46H77NO7/c1-6-8-10-12-14-15-16-17-18-19-20-21-22-23-24-25-26-27-28-29-31-33-35-37-45(49)54-42(40-52-39-38-43(46(50)51)47(3,4)5)41-53-44(48)36-34-32-30-13-11-9-7-2/h8-11,14-15,17-18,20-21,30,32,42-43H,6-7,12-13,16,19,22-29,31,33-41H2,1-5H3/b10-8+,11-9+,15-14+,18-17+,21-20+,32-30+. The molecule has 0 aliphatic carbocycles. The molecule has 2 unspecified atom stereocenters. The van der Waals surface area contributed by atoms with Crippen LogP contribution in [0.1, 0.15) is 149 Å². The molecule has 0 heterocycles. The molecule has 0 aromatic heterocycles. The molecule has 0 spiro atoms. The molecule has 0 rings (SSSR count). The van der Waals surface area contributed by atoms with E-state index in [1.165, 1.54) is 44.9 Å². The maximum Gasteiger partial charge on any atom is 0.306 e. The molecule has 0 bridgehead atoms. The minimum atomic E-state index is -1.14. The Morgan fingerprint density at radius 3 is 1.52 bits per heavy atom. The van der Waals surface area contributed by atoms with Crippen LogP contribution in [0.3, 0.4) is 0 Å². The summed E-state index contributed by atoms with van der Waals surface area (Å²) >= 11 is 0. The Kier molecular flexibility index (Phi) is 34.5. The fourth-order valence-electron chi connectivity index (χ4n) is 5.65. The van der Waals surface area contributed by atoms with Gasteiger partial charge in [-0.3, -0.25) is 9.59 Å². The summed E-state index contributed by atoms with van der Waals surface area (Å²) in [7, 11) is 5.37. The highest BCUT2D eigenvalue weighted by molar-refractivity contribution is 5.70. The summed E-state index contributed by atoms with van der Waals surface area (Å²) in [4.78, 5) is 36.6. The number of quaternary nitrogens is 1. The van der Waals surface area contributed by atoms with Crippen LogP contribution in [0.2, 0.25) is 0 Å². The fourth-order valence-corrected chi connectivity index (χ4v) is 5.65. The van der Waals surface area contributed by atoms with Crippen molar-refractivity contribution in [3.05, 3.63) is 72.9 Å². The number of likely N-dealkylation sites (N-methyl/N-ethyl adjacent to an activating group) is 1. The van der Waals surface area contributed by atoms with Crippen LogP contribution in [-0.2, 0) is 28.6 Å². The van der Waals surface area contributed by atoms with E-state index < -0.39 is 18.1 Å². The molecule has 0 amide bonds. The zero-order valence-corrected chi connectivity index (χ0v) is 34.9. The number of unbranched alkanes of at least 4 members (excludes halogenated alkanes) is 10. The lowest BCUT2D eigenvalue weighted by Crippen LogP contribution is -2.55. The number of hydrogen-bond donors (Lipinski definition) is 0. The normalized spacial score (nSPS) is 13.7. The van der Waals surface area contributed by atoms with Crippen molar-refractivity contribution in [1.82, 2.24) is 0 Å².